The number of piperidine rings is 1. The minimum absolute atomic E-state index is 0.110. The zero-order valence-electron chi connectivity index (χ0n) is 12.4. The molecule has 21 heavy (non-hydrogen) atoms. The van der Waals surface area contributed by atoms with Crippen LogP contribution in [0.5, 0.6) is 0 Å². The van der Waals surface area contributed by atoms with Crippen molar-refractivity contribution >= 4 is 5.91 Å². The highest BCUT2D eigenvalue weighted by Gasteiger charge is 2.27. The van der Waals surface area contributed by atoms with Gasteiger partial charge in [0.15, 0.2) is 0 Å². The van der Waals surface area contributed by atoms with E-state index in [4.69, 9.17) is 4.42 Å². The predicted octanol–water partition coefficient (Wildman–Crippen LogP) is 2.71. The van der Waals surface area contributed by atoms with E-state index in [1.807, 2.05) is 36.1 Å². The van der Waals surface area contributed by atoms with E-state index < -0.39 is 0 Å². The molecule has 110 valence electrons. The Labute approximate surface area is 124 Å². The van der Waals surface area contributed by atoms with Crippen LogP contribution in [0.3, 0.4) is 0 Å². The third kappa shape index (κ3) is 2.96. The van der Waals surface area contributed by atoms with Crippen molar-refractivity contribution in [1.82, 2.24) is 15.1 Å². The molecule has 5 nitrogen and oxygen atoms in total. The number of aryl methyl sites for hydroxylation is 2. The monoisotopic (exact) mass is 285 g/mol. The van der Waals surface area contributed by atoms with Crippen LogP contribution in [0, 0.1) is 13.8 Å². The Kier molecular flexibility index (Phi) is 3.73. The number of amides is 1. The van der Waals surface area contributed by atoms with Crippen LogP contribution >= 0.6 is 0 Å². The van der Waals surface area contributed by atoms with Gasteiger partial charge in [0.1, 0.15) is 0 Å². The molecule has 1 aliphatic rings. The van der Waals surface area contributed by atoms with Crippen LogP contribution < -0.4 is 0 Å². The average Bonchev–Trinajstić information content (AvgIpc) is 2.93. The van der Waals surface area contributed by atoms with Gasteiger partial charge in [-0.05, 0) is 31.9 Å². The molecule has 0 saturated carbocycles. The Balaban J connectivity index is 1.64. The summed E-state index contributed by atoms with van der Waals surface area (Å²) >= 11 is 0. The van der Waals surface area contributed by atoms with Crippen molar-refractivity contribution in [2.75, 3.05) is 13.1 Å². The smallest absolute Gasteiger partial charge is 0.253 e. The topological polar surface area (TPSA) is 59.2 Å². The van der Waals surface area contributed by atoms with Gasteiger partial charge in [-0.15, -0.1) is 10.2 Å². The first kappa shape index (κ1) is 13.8. The molecule has 0 N–H and O–H groups in total. The number of likely N-dealkylation sites (tertiary alicyclic amines) is 1. The second kappa shape index (κ2) is 5.68. The summed E-state index contributed by atoms with van der Waals surface area (Å²) in [6.07, 6.45) is 1.75. The highest BCUT2D eigenvalue weighted by atomic mass is 16.4. The fraction of sp³-hybridized carbons (Fsp3) is 0.438. The van der Waals surface area contributed by atoms with Gasteiger partial charge in [-0.25, -0.2) is 0 Å². The summed E-state index contributed by atoms with van der Waals surface area (Å²) in [4.78, 5) is 14.4. The van der Waals surface area contributed by atoms with E-state index in [2.05, 4.69) is 10.2 Å². The molecule has 1 aliphatic heterocycles. The van der Waals surface area contributed by atoms with Crippen molar-refractivity contribution in [3.05, 3.63) is 47.2 Å². The first-order valence-corrected chi connectivity index (χ1v) is 7.29. The maximum absolute atomic E-state index is 12.5. The van der Waals surface area contributed by atoms with Gasteiger partial charge >= 0.3 is 0 Å². The number of nitrogens with zero attached hydrogens (tertiary/aromatic N) is 3. The largest absolute Gasteiger partial charge is 0.425 e. The molecular formula is C16H19N3O2. The summed E-state index contributed by atoms with van der Waals surface area (Å²) in [5, 5.41) is 7.97. The number of carbonyl (C=O) groups excluding carboxylic acids is 1. The van der Waals surface area contributed by atoms with Crippen LogP contribution in [-0.4, -0.2) is 34.1 Å². The van der Waals surface area contributed by atoms with Crippen molar-refractivity contribution in [1.29, 1.82) is 0 Å². The van der Waals surface area contributed by atoms with Crippen molar-refractivity contribution in [3.8, 4) is 0 Å². The first-order chi connectivity index (χ1) is 10.1. The zero-order chi connectivity index (χ0) is 14.8. The maximum Gasteiger partial charge on any atom is 0.253 e. The molecule has 1 amide bonds. The van der Waals surface area contributed by atoms with Crippen LogP contribution in [0.4, 0.5) is 0 Å². The first-order valence-electron chi connectivity index (χ1n) is 7.29. The predicted molar refractivity (Wildman–Crippen MR) is 78.1 cm³/mol. The highest BCUT2D eigenvalue weighted by Crippen LogP contribution is 2.27. The van der Waals surface area contributed by atoms with Gasteiger partial charge in [0.25, 0.3) is 5.91 Å². The quantitative estimate of drug-likeness (QED) is 0.851. The van der Waals surface area contributed by atoms with Gasteiger partial charge in [0, 0.05) is 31.5 Å². The van der Waals surface area contributed by atoms with Crippen molar-refractivity contribution in [3.63, 3.8) is 0 Å². The van der Waals surface area contributed by atoms with E-state index in [0.717, 1.165) is 37.1 Å². The molecule has 1 aromatic carbocycles. The molecule has 0 radical (unpaired) electrons. The van der Waals surface area contributed by atoms with Crippen molar-refractivity contribution in [2.45, 2.75) is 32.6 Å². The lowest BCUT2D eigenvalue weighted by atomic mass is 9.96. The molecule has 2 heterocycles. The Morgan fingerprint density at radius 1 is 1.24 bits per heavy atom. The molecule has 0 bridgehead atoms. The molecule has 2 aromatic rings. The number of carbonyl (C=O) groups is 1. The van der Waals surface area contributed by atoms with Gasteiger partial charge in [-0.3, -0.25) is 4.79 Å². The molecular weight excluding hydrogens is 266 g/mol. The highest BCUT2D eigenvalue weighted by molar-refractivity contribution is 5.94. The van der Waals surface area contributed by atoms with Crippen LogP contribution in [0.1, 0.15) is 46.5 Å². The van der Waals surface area contributed by atoms with Crippen molar-refractivity contribution < 1.29 is 9.21 Å². The van der Waals surface area contributed by atoms with Crippen LogP contribution in [0.2, 0.25) is 0 Å². The molecule has 3 rings (SSSR count). The minimum Gasteiger partial charge on any atom is -0.425 e. The number of aromatic nitrogens is 2. The fourth-order valence-corrected chi connectivity index (χ4v) is 2.77. The summed E-state index contributed by atoms with van der Waals surface area (Å²) in [6, 6.07) is 7.75. The lowest BCUT2D eigenvalue weighted by Crippen LogP contribution is -2.38. The van der Waals surface area contributed by atoms with Gasteiger partial charge in [-0.1, -0.05) is 17.7 Å². The number of hydrogen-bond donors (Lipinski definition) is 0. The molecule has 1 aromatic heterocycles. The molecule has 0 spiro atoms. The van der Waals surface area contributed by atoms with Gasteiger partial charge < -0.3 is 9.32 Å². The summed E-state index contributed by atoms with van der Waals surface area (Å²) < 4.78 is 5.49. The summed E-state index contributed by atoms with van der Waals surface area (Å²) in [5.41, 5.74) is 1.87. The molecule has 0 unspecified atom stereocenters. The number of benzene rings is 1. The number of rotatable bonds is 2. The minimum atomic E-state index is 0.110. The maximum atomic E-state index is 12.5. The summed E-state index contributed by atoms with van der Waals surface area (Å²) in [6.45, 7) is 5.27. The molecule has 5 heteroatoms. The second-order valence-electron chi connectivity index (χ2n) is 5.60. The summed E-state index contributed by atoms with van der Waals surface area (Å²) in [5.74, 6) is 1.69. The van der Waals surface area contributed by atoms with E-state index in [9.17, 15) is 4.79 Å². The lowest BCUT2D eigenvalue weighted by Gasteiger charge is -2.30. The van der Waals surface area contributed by atoms with Crippen LogP contribution in [0.15, 0.2) is 28.7 Å². The van der Waals surface area contributed by atoms with E-state index >= 15 is 0 Å². The lowest BCUT2D eigenvalue weighted by molar-refractivity contribution is 0.0706. The average molecular weight is 285 g/mol. The van der Waals surface area contributed by atoms with Gasteiger partial charge in [0.2, 0.25) is 11.8 Å². The SMILES string of the molecule is Cc1cccc(C(=O)N2CCC(c3nnc(C)o3)CC2)c1. The molecule has 1 fully saturated rings. The van der Waals surface area contributed by atoms with Crippen LogP contribution in [-0.2, 0) is 0 Å². The summed E-state index contributed by atoms with van der Waals surface area (Å²) in [7, 11) is 0. The zero-order valence-corrected chi connectivity index (χ0v) is 12.4. The van der Waals surface area contributed by atoms with E-state index in [1.165, 1.54) is 0 Å². The van der Waals surface area contributed by atoms with Crippen molar-refractivity contribution in [2.24, 2.45) is 0 Å². The Hall–Kier alpha value is -2.17. The Bertz CT molecular complexity index is 642. The Morgan fingerprint density at radius 2 is 2.00 bits per heavy atom. The Morgan fingerprint density at radius 3 is 2.62 bits per heavy atom. The number of hydrogen-bond acceptors (Lipinski definition) is 4. The standard InChI is InChI=1S/C16H19N3O2/c1-11-4-3-5-14(10-11)16(20)19-8-6-13(7-9-19)15-18-17-12(2)21-15/h3-5,10,13H,6-9H2,1-2H3. The normalized spacial score (nSPS) is 16.2. The van der Waals surface area contributed by atoms with E-state index in [0.29, 0.717) is 11.8 Å². The van der Waals surface area contributed by atoms with Gasteiger partial charge in [0.05, 0.1) is 0 Å². The van der Waals surface area contributed by atoms with E-state index in [-0.39, 0.29) is 11.8 Å². The second-order valence-corrected chi connectivity index (χ2v) is 5.60. The third-order valence-corrected chi connectivity index (χ3v) is 3.94. The van der Waals surface area contributed by atoms with E-state index in [1.54, 1.807) is 6.92 Å². The third-order valence-electron chi connectivity index (χ3n) is 3.94. The molecule has 0 atom stereocenters. The van der Waals surface area contributed by atoms with Crippen LogP contribution in [0.25, 0.3) is 0 Å². The fourth-order valence-electron chi connectivity index (χ4n) is 2.77. The molecule has 0 aliphatic carbocycles. The van der Waals surface area contributed by atoms with Gasteiger partial charge in [-0.2, -0.15) is 0 Å². The molecule has 1 saturated heterocycles.